The molecule has 0 saturated heterocycles. The van der Waals surface area contributed by atoms with Gasteiger partial charge in [0, 0.05) is 18.7 Å². The van der Waals surface area contributed by atoms with E-state index in [1.54, 1.807) is 0 Å². The minimum absolute atomic E-state index is 0.0182. The highest BCUT2D eigenvalue weighted by molar-refractivity contribution is 5.67. The summed E-state index contributed by atoms with van der Waals surface area (Å²) in [5.41, 5.74) is 1.45. The molecule has 0 bridgehead atoms. The van der Waals surface area contributed by atoms with E-state index in [2.05, 4.69) is 10.5 Å². The van der Waals surface area contributed by atoms with Crippen molar-refractivity contribution in [1.29, 1.82) is 0 Å². The molecule has 0 fully saturated rings. The number of nitrogens with zero attached hydrogens (tertiary/aromatic N) is 3. The van der Waals surface area contributed by atoms with Gasteiger partial charge in [-0.25, -0.2) is 0 Å². The van der Waals surface area contributed by atoms with Gasteiger partial charge < -0.3 is 10.2 Å². The van der Waals surface area contributed by atoms with Gasteiger partial charge in [0.05, 0.1) is 28.6 Å². The number of aliphatic hydroxyl groups is 2. The van der Waals surface area contributed by atoms with Crippen molar-refractivity contribution in [3.8, 4) is 0 Å². The van der Waals surface area contributed by atoms with Gasteiger partial charge in [-0.1, -0.05) is 0 Å². The summed E-state index contributed by atoms with van der Waals surface area (Å²) in [5, 5.41) is 42.6. The highest BCUT2D eigenvalue weighted by Gasteiger charge is 2.18. The molecule has 20 heavy (non-hydrogen) atoms. The largest absolute Gasteiger partial charge is 0.394 e. The van der Waals surface area contributed by atoms with Crippen LogP contribution >= 0.6 is 0 Å². The van der Waals surface area contributed by atoms with Crippen molar-refractivity contribution in [3.05, 3.63) is 38.4 Å². The molecule has 0 aromatic heterocycles. The summed E-state index contributed by atoms with van der Waals surface area (Å²) in [5.74, 6) is 0. The molecular weight excluding hydrogens is 272 g/mol. The van der Waals surface area contributed by atoms with Crippen LogP contribution in [0.15, 0.2) is 23.3 Å². The van der Waals surface area contributed by atoms with E-state index in [9.17, 15) is 20.2 Å². The molecule has 1 unspecified atom stereocenters. The fourth-order valence-electron chi connectivity index (χ4n) is 1.24. The van der Waals surface area contributed by atoms with Gasteiger partial charge in [-0.2, -0.15) is 5.10 Å². The second kappa shape index (κ2) is 7.11. The predicted octanol–water partition coefficient (Wildman–Crippen LogP) is 0.644. The Morgan fingerprint density at radius 1 is 1.35 bits per heavy atom. The number of aliphatic hydroxyl groups excluding tert-OH is 2. The van der Waals surface area contributed by atoms with E-state index in [0.717, 1.165) is 18.2 Å². The van der Waals surface area contributed by atoms with E-state index in [1.165, 1.54) is 6.21 Å². The Morgan fingerprint density at radius 2 is 2.05 bits per heavy atom. The molecule has 0 aliphatic heterocycles. The molecule has 1 rings (SSSR count). The normalized spacial score (nSPS) is 12.3. The highest BCUT2D eigenvalue weighted by atomic mass is 16.6. The number of hydrogen-bond acceptors (Lipinski definition) is 8. The Labute approximate surface area is 112 Å². The van der Waals surface area contributed by atoms with Crippen LogP contribution in [0.2, 0.25) is 0 Å². The minimum Gasteiger partial charge on any atom is -0.394 e. The molecule has 1 aromatic rings. The number of non-ortho nitro benzene ring substituents is 1. The monoisotopic (exact) mass is 284 g/mol. The van der Waals surface area contributed by atoms with Gasteiger partial charge in [0.2, 0.25) is 0 Å². The molecule has 10 nitrogen and oxygen atoms in total. The van der Waals surface area contributed by atoms with Gasteiger partial charge in [-0.3, -0.25) is 25.7 Å². The van der Waals surface area contributed by atoms with E-state index >= 15 is 0 Å². The number of benzene rings is 1. The van der Waals surface area contributed by atoms with Crippen LogP contribution in [0.5, 0.6) is 0 Å². The van der Waals surface area contributed by atoms with Crippen LogP contribution in [-0.2, 0) is 0 Å². The molecule has 1 aromatic carbocycles. The number of nitro groups is 2. The van der Waals surface area contributed by atoms with E-state index in [-0.39, 0.29) is 12.1 Å². The Balaban J connectivity index is 2.84. The predicted molar refractivity (Wildman–Crippen MR) is 69.6 cm³/mol. The quantitative estimate of drug-likeness (QED) is 0.377. The minimum atomic E-state index is -0.965. The van der Waals surface area contributed by atoms with Crippen molar-refractivity contribution in [2.24, 2.45) is 5.10 Å². The molecule has 3 N–H and O–H groups in total. The first-order valence-corrected chi connectivity index (χ1v) is 5.45. The SMILES string of the molecule is O=[N+]([O-])c1ccc(NN=CCC(O)CO)c([N+](=O)[O-])c1. The number of nitrogens with one attached hydrogen (secondary N) is 1. The number of anilines is 1. The standard InChI is InChI=1S/C10H12N4O6/c15-6-8(16)3-4-11-12-9-2-1-7(13(17)18)5-10(9)14(19)20/h1-2,4-5,8,12,15-16H,3,6H2. The third kappa shape index (κ3) is 4.26. The summed E-state index contributed by atoms with van der Waals surface area (Å²) >= 11 is 0. The van der Waals surface area contributed by atoms with Crippen molar-refractivity contribution in [3.63, 3.8) is 0 Å². The molecule has 0 radical (unpaired) electrons. The van der Waals surface area contributed by atoms with Crippen LogP contribution in [0.25, 0.3) is 0 Å². The van der Waals surface area contributed by atoms with Crippen molar-refractivity contribution >= 4 is 23.3 Å². The zero-order valence-electron chi connectivity index (χ0n) is 10.2. The molecule has 10 heteroatoms. The van der Waals surface area contributed by atoms with Crippen molar-refractivity contribution in [2.75, 3.05) is 12.0 Å². The lowest BCUT2D eigenvalue weighted by molar-refractivity contribution is -0.393. The van der Waals surface area contributed by atoms with Crippen LogP contribution in [0.4, 0.5) is 17.1 Å². The average molecular weight is 284 g/mol. The lowest BCUT2D eigenvalue weighted by Gasteiger charge is -2.03. The summed E-state index contributed by atoms with van der Waals surface area (Å²) in [6.07, 6.45) is 0.323. The number of nitro benzene ring substituents is 2. The van der Waals surface area contributed by atoms with Gasteiger partial charge in [-0.05, 0) is 6.07 Å². The van der Waals surface area contributed by atoms with Crippen LogP contribution in [-0.4, -0.2) is 39.0 Å². The molecule has 0 amide bonds. The Morgan fingerprint density at radius 3 is 2.60 bits per heavy atom. The maximum Gasteiger partial charge on any atom is 0.301 e. The zero-order chi connectivity index (χ0) is 15.1. The Kier molecular flexibility index (Phi) is 5.50. The molecular formula is C10H12N4O6. The molecule has 0 saturated carbocycles. The fourth-order valence-corrected chi connectivity index (χ4v) is 1.24. The smallest absolute Gasteiger partial charge is 0.301 e. The number of hydrazone groups is 1. The van der Waals surface area contributed by atoms with Crippen molar-refractivity contribution in [1.82, 2.24) is 0 Å². The average Bonchev–Trinajstić information content (AvgIpc) is 2.42. The van der Waals surface area contributed by atoms with E-state index < -0.39 is 33.9 Å². The maximum atomic E-state index is 10.8. The summed E-state index contributed by atoms with van der Waals surface area (Å²) in [6, 6.07) is 3.09. The molecule has 0 heterocycles. The van der Waals surface area contributed by atoms with Gasteiger partial charge in [-0.15, -0.1) is 0 Å². The molecule has 0 aliphatic carbocycles. The Bertz CT molecular complexity index is 532. The Hall–Kier alpha value is -2.59. The van der Waals surface area contributed by atoms with Gasteiger partial charge in [0.15, 0.2) is 0 Å². The second-order valence-corrected chi connectivity index (χ2v) is 3.71. The molecule has 1 atom stereocenters. The van der Waals surface area contributed by atoms with E-state index in [4.69, 9.17) is 10.2 Å². The fraction of sp³-hybridized carbons (Fsp3) is 0.300. The maximum absolute atomic E-state index is 10.8. The zero-order valence-corrected chi connectivity index (χ0v) is 10.2. The third-order valence-electron chi connectivity index (χ3n) is 2.25. The first-order valence-electron chi connectivity index (χ1n) is 5.45. The molecule has 0 spiro atoms. The summed E-state index contributed by atoms with van der Waals surface area (Å²) in [4.78, 5) is 19.8. The second-order valence-electron chi connectivity index (χ2n) is 3.71. The number of rotatable bonds is 7. The first kappa shape index (κ1) is 15.5. The van der Waals surface area contributed by atoms with E-state index in [1.807, 2.05) is 0 Å². The summed E-state index contributed by atoms with van der Waals surface area (Å²) in [6.45, 7) is -0.427. The van der Waals surface area contributed by atoms with Gasteiger partial charge in [0.1, 0.15) is 5.69 Å². The van der Waals surface area contributed by atoms with Crippen LogP contribution in [0, 0.1) is 20.2 Å². The summed E-state index contributed by atoms with van der Waals surface area (Å²) < 4.78 is 0. The number of hydrogen-bond donors (Lipinski definition) is 3. The van der Waals surface area contributed by atoms with Crippen LogP contribution in [0.3, 0.4) is 0 Å². The lowest BCUT2D eigenvalue weighted by atomic mass is 10.2. The van der Waals surface area contributed by atoms with E-state index in [0.29, 0.717) is 0 Å². The first-order chi connectivity index (χ1) is 9.45. The molecule has 108 valence electrons. The lowest BCUT2D eigenvalue weighted by Crippen LogP contribution is -2.12. The highest BCUT2D eigenvalue weighted by Crippen LogP contribution is 2.28. The summed E-state index contributed by atoms with van der Waals surface area (Å²) in [7, 11) is 0. The van der Waals surface area contributed by atoms with Gasteiger partial charge >= 0.3 is 5.69 Å². The van der Waals surface area contributed by atoms with Gasteiger partial charge in [0.25, 0.3) is 5.69 Å². The topological polar surface area (TPSA) is 151 Å². The van der Waals surface area contributed by atoms with Crippen molar-refractivity contribution in [2.45, 2.75) is 12.5 Å². The third-order valence-corrected chi connectivity index (χ3v) is 2.25. The van der Waals surface area contributed by atoms with Crippen LogP contribution in [0.1, 0.15) is 6.42 Å². The molecule has 0 aliphatic rings. The van der Waals surface area contributed by atoms with Crippen LogP contribution < -0.4 is 5.43 Å². The van der Waals surface area contributed by atoms with Crippen molar-refractivity contribution < 1.29 is 20.1 Å².